The number of rotatable bonds is 7. The van der Waals surface area contributed by atoms with E-state index < -0.39 is 6.03 Å². The molecule has 0 unspecified atom stereocenters. The van der Waals surface area contributed by atoms with Crippen molar-refractivity contribution in [2.45, 2.75) is 13.0 Å². The summed E-state index contributed by atoms with van der Waals surface area (Å²) in [5.74, 6) is -0.515. The largest absolute Gasteiger partial charge is 0.385 e. The van der Waals surface area contributed by atoms with Crippen LogP contribution in [0.15, 0.2) is 24.3 Å². The van der Waals surface area contributed by atoms with Crippen LogP contribution in [0.25, 0.3) is 0 Å². The lowest BCUT2D eigenvalue weighted by molar-refractivity contribution is -0.125. The molecular formula is C15H19N3O4. The molecule has 1 fully saturated rings. The Hall–Kier alpha value is -2.41. The number of ether oxygens (including phenoxy) is 1. The SMILES string of the molecule is COCCCNC(=O)c1ccccc1CN1C(=O)CNC1=O. The topological polar surface area (TPSA) is 87.7 Å². The van der Waals surface area contributed by atoms with Crippen LogP contribution in [0.3, 0.4) is 0 Å². The fourth-order valence-corrected chi connectivity index (χ4v) is 2.18. The summed E-state index contributed by atoms with van der Waals surface area (Å²) < 4.78 is 4.93. The van der Waals surface area contributed by atoms with E-state index in [1.54, 1.807) is 31.4 Å². The summed E-state index contributed by atoms with van der Waals surface area (Å²) in [6.07, 6.45) is 0.720. The van der Waals surface area contributed by atoms with Crippen LogP contribution in [0.2, 0.25) is 0 Å². The lowest BCUT2D eigenvalue weighted by Gasteiger charge is -2.15. The van der Waals surface area contributed by atoms with Gasteiger partial charge in [-0.25, -0.2) is 4.79 Å². The van der Waals surface area contributed by atoms with Crippen molar-refractivity contribution in [2.75, 3.05) is 26.8 Å². The van der Waals surface area contributed by atoms with Gasteiger partial charge >= 0.3 is 6.03 Å². The molecule has 0 spiro atoms. The van der Waals surface area contributed by atoms with Crippen LogP contribution in [-0.4, -0.2) is 49.6 Å². The van der Waals surface area contributed by atoms with Gasteiger partial charge in [0.25, 0.3) is 5.91 Å². The number of hydrogen-bond donors (Lipinski definition) is 2. The number of carbonyl (C=O) groups excluding carboxylic acids is 3. The Kier molecular flexibility index (Phi) is 5.48. The van der Waals surface area contributed by atoms with E-state index in [1.807, 2.05) is 0 Å². The van der Waals surface area contributed by atoms with Crippen molar-refractivity contribution in [1.29, 1.82) is 0 Å². The van der Waals surface area contributed by atoms with Gasteiger partial charge in [0.1, 0.15) is 0 Å². The van der Waals surface area contributed by atoms with Gasteiger partial charge in [-0.15, -0.1) is 0 Å². The van der Waals surface area contributed by atoms with Crippen LogP contribution in [-0.2, 0) is 16.1 Å². The van der Waals surface area contributed by atoms with Crippen molar-refractivity contribution in [3.05, 3.63) is 35.4 Å². The van der Waals surface area contributed by atoms with Crippen molar-refractivity contribution < 1.29 is 19.1 Å². The summed E-state index contributed by atoms with van der Waals surface area (Å²) in [5, 5.41) is 5.26. The molecule has 0 aliphatic carbocycles. The highest BCUT2D eigenvalue weighted by atomic mass is 16.5. The molecule has 1 heterocycles. The molecule has 0 bridgehead atoms. The summed E-state index contributed by atoms with van der Waals surface area (Å²) >= 11 is 0. The van der Waals surface area contributed by atoms with E-state index >= 15 is 0 Å². The summed E-state index contributed by atoms with van der Waals surface area (Å²) in [7, 11) is 1.61. The molecule has 0 atom stereocenters. The van der Waals surface area contributed by atoms with Crippen LogP contribution >= 0.6 is 0 Å². The molecular weight excluding hydrogens is 286 g/mol. The molecule has 1 aromatic rings. The first-order valence-corrected chi connectivity index (χ1v) is 7.06. The predicted octanol–water partition coefficient (Wildman–Crippen LogP) is 0.505. The Morgan fingerprint density at radius 1 is 1.36 bits per heavy atom. The number of carbonyl (C=O) groups is 3. The zero-order chi connectivity index (χ0) is 15.9. The van der Waals surface area contributed by atoms with Crippen molar-refractivity contribution in [3.8, 4) is 0 Å². The summed E-state index contributed by atoms with van der Waals surface area (Å²) in [6.45, 7) is 1.17. The van der Waals surface area contributed by atoms with E-state index in [1.165, 1.54) is 0 Å². The average molecular weight is 305 g/mol. The number of nitrogens with one attached hydrogen (secondary N) is 2. The van der Waals surface area contributed by atoms with Crippen molar-refractivity contribution in [1.82, 2.24) is 15.5 Å². The van der Waals surface area contributed by atoms with Crippen molar-refractivity contribution in [3.63, 3.8) is 0 Å². The van der Waals surface area contributed by atoms with Gasteiger partial charge in [-0.2, -0.15) is 0 Å². The van der Waals surface area contributed by atoms with Gasteiger partial charge in [0.15, 0.2) is 0 Å². The first-order chi connectivity index (χ1) is 10.6. The highest BCUT2D eigenvalue weighted by Gasteiger charge is 2.29. The molecule has 4 amide bonds. The first-order valence-electron chi connectivity index (χ1n) is 7.06. The first kappa shape index (κ1) is 16.0. The van der Waals surface area contributed by atoms with E-state index in [-0.39, 0.29) is 24.9 Å². The summed E-state index contributed by atoms with van der Waals surface area (Å²) in [5.41, 5.74) is 1.10. The lowest BCUT2D eigenvalue weighted by Crippen LogP contribution is -2.32. The second-order valence-electron chi connectivity index (χ2n) is 4.90. The lowest BCUT2D eigenvalue weighted by atomic mass is 10.1. The van der Waals surface area contributed by atoms with Crippen LogP contribution in [0.4, 0.5) is 4.79 Å². The molecule has 1 saturated heterocycles. The van der Waals surface area contributed by atoms with Crippen LogP contribution in [0.5, 0.6) is 0 Å². The molecule has 1 aliphatic heterocycles. The maximum Gasteiger partial charge on any atom is 0.324 e. The van der Waals surface area contributed by atoms with Gasteiger partial charge < -0.3 is 15.4 Å². The average Bonchev–Trinajstić information content (AvgIpc) is 2.84. The number of imide groups is 1. The standard InChI is InChI=1S/C15H19N3O4/c1-22-8-4-7-16-14(20)12-6-3-2-5-11(12)10-18-13(19)9-17-15(18)21/h2-3,5-6H,4,7-10H2,1H3,(H,16,20)(H,17,21). The van der Waals surface area contributed by atoms with Crippen molar-refractivity contribution in [2.24, 2.45) is 0 Å². The van der Waals surface area contributed by atoms with Crippen molar-refractivity contribution >= 4 is 17.8 Å². The quantitative estimate of drug-likeness (QED) is 0.567. The summed E-state index contributed by atoms with van der Waals surface area (Å²) in [4.78, 5) is 36.6. The predicted molar refractivity (Wildman–Crippen MR) is 79.2 cm³/mol. The minimum absolute atomic E-state index is 0.00418. The van der Waals surface area contributed by atoms with Gasteiger partial charge in [0.2, 0.25) is 5.91 Å². The Balaban J connectivity index is 2.04. The van der Waals surface area contributed by atoms with Gasteiger partial charge in [-0.1, -0.05) is 18.2 Å². The van der Waals surface area contributed by atoms with E-state index in [0.29, 0.717) is 24.3 Å². The monoisotopic (exact) mass is 305 g/mol. The van der Waals surface area contributed by atoms with E-state index in [2.05, 4.69) is 10.6 Å². The van der Waals surface area contributed by atoms with Gasteiger partial charge in [0.05, 0.1) is 13.1 Å². The number of benzene rings is 1. The van der Waals surface area contributed by atoms with E-state index in [9.17, 15) is 14.4 Å². The van der Waals surface area contributed by atoms with Crippen LogP contribution in [0.1, 0.15) is 22.3 Å². The third-order valence-corrected chi connectivity index (χ3v) is 3.34. The van der Waals surface area contributed by atoms with E-state index in [4.69, 9.17) is 4.74 Å². The van der Waals surface area contributed by atoms with Crippen LogP contribution in [0, 0.1) is 0 Å². The van der Waals surface area contributed by atoms with Gasteiger partial charge in [-0.3, -0.25) is 14.5 Å². The molecule has 0 saturated carbocycles. The molecule has 7 nitrogen and oxygen atoms in total. The number of methoxy groups -OCH3 is 1. The Labute approximate surface area is 128 Å². The third kappa shape index (κ3) is 3.82. The molecule has 7 heteroatoms. The molecule has 1 aliphatic rings. The molecule has 0 aromatic heterocycles. The second-order valence-corrected chi connectivity index (χ2v) is 4.90. The normalized spacial score (nSPS) is 14.1. The Morgan fingerprint density at radius 2 is 2.14 bits per heavy atom. The number of urea groups is 1. The molecule has 1 aromatic carbocycles. The molecule has 2 rings (SSSR count). The number of nitrogens with zero attached hydrogens (tertiary/aromatic N) is 1. The molecule has 2 N–H and O–H groups in total. The minimum Gasteiger partial charge on any atom is -0.385 e. The Morgan fingerprint density at radius 3 is 2.82 bits per heavy atom. The smallest absolute Gasteiger partial charge is 0.324 e. The zero-order valence-corrected chi connectivity index (χ0v) is 12.4. The van der Waals surface area contributed by atoms with E-state index in [0.717, 1.165) is 11.3 Å². The maximum atomic E-state index is 12.2. The molecule has 22 heavy (non-hydrogen) atoms. The van der Waals surface area contributed by atoms with Gasteiger partial charge in [0, 0.05) is 25.8 Å². The highest BCUT2D eigenvalue weighted by molar-refractivity contribution is 6.02. The third-order valence-electron chi connectivity index (χ3n) is 3.34. The Bertz CT molecular complexity index is 558. The number of amides is 4. The second kappa shape index (κ2) is 7.56. The zero-order valence-electron chi connectivity index (χ0n) is 12.4. The molecule has 0 radical (unpaired) electrons. The maximum absolute atomic E-state index is 12.2. The fourth-order valence-electron chi connectivity index (χ4n) is 2.18. The minimum atomic E-state index is -0.430. The highest BCUT2D eigenvalue weighted by Crippen LogP contribution is 2.14. The summed E-state index contributed by atoms with van der Waals surface area (Å²) in [6, 6.07) is 6.51. The fraction of sp³-hybridized carbons (Fsp3) is 0.400. The van der Waals surface area contributed by atoms with Crippen LogP contribution < -0.4 is 10.6 Å². The molecule has 118 valence electrons. The van der Waals surface area contributed by atoms with Gasteiger partial charge in [-0.05, 0) is 18.1 Å². The number of hydrogen-bond acceptors (Lipinski definition) is 4.